The molecule has 11 heteroatoms. The molecule has 1 amide bonds. The van der Waals surface area contributed by atoms with E-state index in [9.17, 15) is 13.4 Å². The van der Waals surface area contributed by atoms with E-state index < -0.39 is 22.7 Å². The lowest BCUT2D eigenvalue weighted by Gasteiger charge is -2.37. The van der Waals surface area contributed by atoms with Crippen molar-refractivity contribution in [2.24, 2.45) is 0 Å². The Hall–Kier alpha value is -3.24. The van der Waals surface area contributed by atoms with Crippen LogP contribution in [0.4, 0.5) is 26.4 Å². The molecular weight excluding hydrogens is 517 g/mol. The van der Waals surface area contributed by atoms with Gasteiger partial charge in [-0.15, -0.1) is 0 Å². The van der Waals surface area contributed by atoms with Crippen LogP contribution in [0.25, 0.3) is 0 Å². The van der Waals surface area contributed by atoms with E-state index in [4.69, 9.17) is 16.3 Å². The van der Waals surface area contributed by atoms with Crippen LogP contribution in [0.3, 0.4) is 0 Å². The summed E-state index contributed by atoms with van der Waals surface area (Å²) in [7, 11) is -2.38. The molecule has 2 heterocycles. The summed E-state index contributed by atoms with van der Waals surface area (Å²) in [6.07, 6.45) is 2.10. The smallest absolute Gasteiger partial charge is 0.441 e. The van der Waals surface area contributed by atoms with Crippen molar-refractivity contribution in [2.45, 2.75) is 38.2 Å². The number of hydrogen-bond donors (Lipinski definition) is 0. The second kappa shape index (κ2) is 11.0. The Morgan fingerprint density at radius 1 is 1.08 bits per heavy atom. The molecule has 1 fully saturated rings. The summed E-state index contributed by atoms with van der Waals surface area (Å²) in [6.45, 7) is 9.20. The number of carbonyl (C=O) groups excluding carboxylic acids is 1. The van der Waals surface area contributed by atoms with E-state index in [0.29, 0.717) is 47.6 Å². The van der Waals surface area contributed by atoms with E-state index >= 15 is 0 Å². The number of piperazine rings is 1. The van der Waals surface area contributed by atoms with Gasteiger partial charge >= 0.3 is 6.09 Å². The van der Waals surface area contributed by atoms with E-state index in [0.717, 1.165) is 9.87 Å². The highest BCUT2D eigenvalue weighted by atomic mass is 35.5. The zero-order valence-electron chi connectivity index (χ0n) is 21.2. The first kappa shape index (κ1) is 26.8. The van der Waals surface area contributed by atoms with Gasteiger partial charge in [-0.1, -0.05) is 37.8 Å². The number of carbonyl (C=O) groups is 1. The number of anilines is 3. The number of aryl methyl sites for hydroxylation is 1. The second-order valence-electron chi connectivity index (χ2n) is 9.70. The van der Waals surface area contributed by atoms with Gasteiger partial charge in [0.25, 0.3) is 0 Å². The fraction of sp³-hybridized carbons (Fsp3) is 0.346. The van der Waals surface area contributed by atoms with Gasteiger partial charge in [0.1, 0.15) is 17.7 Å². The minimum atomic E-state index is -2.38. The maximum atomic E-state index is 14.5. The minimum absolute atomic E-state index is 0.282. The third-order valence-corrected chi connectivity index (χ3v) is 7.45. The molecule has 0 radical (unpaired) electrons. The van der Waals surface area contributed by atoms with Gasteiger partial charge in [0.2, 0.25) is 11.0 Å². The van der Waals surface area contributed by atoms with Gasteiger partial charge in [-0.2, -0.15) is 0 Å². The molecule has 37 heavy (non-hydrogen) atoms. The molecular formula is C26H30ClFN5O3S+. The summed E-state index contributed by atoms with van der Waals surface area (Å²) in [6, 6.07) is 11.8. The first-order chi connectivity index (χ1) is 17.5. The van der Waals surface area contributed by atoms with E-state index in [1.807, 2.05) is 28.9 Å². The number of benzene rings is 2. The van der Waals surface area contributed by atoms with Crippen molar-refractivity contribution in [1.29, 1.82) is 0 Å². The topological polar surface area (TPSA) is 78.9 Å². The SMILES string of the molecule is Cc1ccc([SH+](=O)N(C(=O)OC(C)(C)C)c2cncnc2N2CCN(c3ccc(Cl)cc3F)CC2)cc1. The Bertz CT molecular complexity index is 1290. The Morgan fingerprint density at radius 2 is 1.73 bits per heavy atom. The zero-order valence-corrected chi connectivity index (χ0v) is 22.8. The van der Waals surface area contributed by atoms with Gasteiger partial charge in [0, 0.05) is 31.2 Å². The van der Waals surface area contributed by atoms with Crippen molar-refractivity contribution in [3.63, 3.8) is 0 Å². The normalized spacial score (nSPS) is 14.9. The number of aromatic nitrogens is 2. The predicted molar refractivity (Wildman–Crippen MR) is 145 cm³/mol. The maximum Gasteiger partial charge on any atom is 0.457 e. The van der Waals surface area contributed by atoms with Gasteiger partial charge in [0.15, 0.2) is 16.4 Å². The summed E-state index contributed by atoms with van der Waals surface area (Å²) >= 11 is 5.90. The lowest BCUT2D eigenvalue weighted by Crippen LogP contribution is -2.48. The number of nitrogens with zero attached hydrogens (tertiary/aromatic N) is 5. The molecule has 0 bridgehead atoms. The number of hydrogen-bond acceptors (Lipinski definition) is 7. The number of halogens is 2. The number of amides is 1. The quantitative estimate of drug-likeness (QED) is 0.317. The largest absolute Gasteiger partial charge is 0.457 e. The van der Waals surface area contributed by atoms with Crippen LogP contribution in [0.15, 0.2) is 59.9 Å². The summed E-state index contributed by atoms with van der Waals surface area (Å²) in [5.74, 6) is 0.0717. The highest BCUT2D eigenvalue weighted by Gasteiger charge is 2.37. The van der Waals surface area contributed by atoms with Gasteiger partial charge in [-0.3, -0.25) is 0 Å². The van der Waals surface area contributed by atoms with Crippen LogP contribution >= 0.6 is 11.6 Å². The Balaban J connectivity index is 1.64. The lowest BCUT2D eigenvalue weighted by atomic mass is 10.2. The van der Waals surface area contributed by atoms with E-state index in [2.05, 4.69) is 9.97 Å². The van der Waals surface area contributed by atoms with Crippen LogP contribution in [0.1, 0.15) is 26.3 Å². The molecule has 1 saturated heterocycles. The van der Waals surface area contributed by atoms with Crippen LogP contribution in [0, 0.1) is 12.7 Å². The Morgan fingerprint density at radius 3 is 2.35 bits per heavy atom. The average Bonchev–Trinajstić information content (AvgIpc) is 2.84. The number of thiol groups is 1. The summed E-state index contributed by atoms with van der Waals surface area (Å²) < 4.78 is 35.0. The number of rotatable bonds is 5. The van der Waals surface area contributed by atoms with E-state index in [-0.39, 0.29) is 11.5 Å². The van der Waals surface area contributed by atoms with Gasteiger partial charge < -0.3 is 14.5 Å². The van der Waals surface area contributed by atoms with Crippen molar-refractivity contribution in [3.05, 3.63) is 71.4 Å². The third-order valence-electron chi connectivity index (χ3n) is 5.73. The predicted octanol–water partition coefficient (Wildman–Crippen LogP) is 5.32. The van der Waals surface area contributed by atoms with Crippen LogP contribution in [0.5, 0.6) is 0 Å². The Kier molecular flexibility index (Phi) is 7.99. The van der Waals surface area contributed by atoms with Gasteiger partial charge in [0.05, 0.1) is 11.9 Å². The molecule has 196 valence electrons. The van der Waals surface area contributed by atoms with Crippen molar-refractivity contribution in [3.8, 4) is 0 Å². The van der Waals surface area contributed by atoms with Gasteiger partial charge in [-0.05, 0) is 58.0 Å². The molecule has 1 aliphatic heterocycles. The monoisotopic (exact) mass is 546 g/mol. The zero-order chi connectivity index (χ0) is 26.7. The highest BCUT2D eigenvalue weighted by molar-refractivity contribution is 7.87. The van der Waals surface area contributed by atoms with Crippen LogP contribution in [-0.4, -0.2) is 47.8 Å². The van der Waals surface area contributed by atoms with Crippen molar-refractivity contribution < 1.29 is 18.1 Å². The lowest BCUT2D eigenvalue weighted by molar-refractivity contribution is 0.0610. The molecule has 1 aliphatic rings. The first-order valence-corrected chi connectivity index (χ1v) is 13.4. The third kappa shape index (κ3) is 6.37. The Labute approximate surface area is 223 Å². The molecule has 3 aromatic rings. The number of ether oxygens (including phenoxy) is 1. The highest BCUT2D eigenvalue weighted by Crippen LogP contribution is 2.32. The molecule has 0 aliphatic carbocycles. The van der Waals surface area contributed by atoms with Crippen molar-refractivity contribution in [2.75, 3.05) is 40.3 Å². The molecule has 0 N–H and O–H groups in total. The second-order valence-corrected chi connectivity index (χ2v) is 11.6. The summed E-state index contributed by atoms with van der Waals surface area (Å²) in [4.78, 5) is 26.3. The molecule has 0 saturated carbocycles. The van der Waals surface area contributed by atoms with Crippen LogP contribution in [-0.2, 0) is 19.9 Å². The van der Waals surface area contributed by atoms with Crippen LogP contribution < -0.4 is 14.1 Å². The first-order valence-electron chi connectivity index (χ1n) is 11.9. The fourth-order valence-corrected chi connectivity index (χ4v) is 5.29. The standard InChI is InChI=1S/C26H29ClFN5O3S/c1-18-5-8-20(9-6-18)37(35)33(25(34)36-26(2,3)4)23-16-29-17-30-24(23)32-13-11-31(12-14-32)22-10-7-19(27)15-21(22)28/h5-10,15-17H,11-14H2,1-4H3/p+1. The molecule has 1 atom stereocenters. The van der Waals surface area contributed by atoms with Crippen LogP contribution in [0.2, 0.25) is 5.02 Å². The molecule has 1 unspecified atom stereocenters. The average molecular weight is 547 g/mol. The van der Waals surface area contributed by atoms with E-state index in [1.165, 1.54) is 18.6 Å². The molecule has 2 aromatic carbocycles. The minimum Gasteiger partial charge on any atom is -0.441 e. The summed E-state index contributed by atoms with van der Waals surface area (Å²) in [5, 5.41) is 0.343. The fourth-order valence-electron chi connectivity index (χ4n) is 3.97. The maximum absolute atomic E-state index is 14.5. The molecule has 4 rings (SSSR count). The summed E-state index contributed by atoms with van der Waals surface area (Å²) in [5.41, 5.74) is 0.965. The van der Waals surface area contributed by atoms with E-state index in [1.54, 1.807) is 45.0 Å². The molecule has 1 aromatic heterocycles. The molecule has 0 spiro atoms. The van der Waals surface area contributed by atoms with Crippen molar-refractivity contribution >= 4 is 45.9 Å². The van der Waals surface area contributed by atoms with Crippen molar-refractivity contribution in [1.82, 2.24) is 9.97 Å². The van der Waals surface area contributed by atoms with Gasteiger partial charge in [-0.25, -0.2) is 19.2 Å². The molecule has 8 nitrogen and oxygen atoms in total.